The van der Waals surface area contributed by atoms with Crippen molar-refractivity contribution in [2.45, 2.75) is 0 Å². The summed E-state index contributed by atoms with van der Waals surface area (Å²) in [5, 5.41) is 7.05. The monoisotopic (exact) mass is 785 g/mol. The predicted octanol–water partition coefficient (Wildman–Crippen LogP) is 13.6. The van der Waals surface area contributed by atoms with E-state index in [0.717, 1.165) is 42.1 Å². The molecule has 0 amide bonds. The number of rotatable bonds is 4. The molecule has 0 aliphatic carbocycles. The van der Waals surface area contributed by atoms with Gasteiger partial charge in [0.05, 0.1) is 27.1 Å². The maximum atomic E-state index is 5.23. The Morgan fingerprint density at radius 3 is 2.04 bits per heavy atom. The van der Waals surface area contributed by atoms with E-state index in [9.17, 15) is 0 Å². The number of thiophene rings is 1. The van der Waals surface area contributed by atoms with Gasteiger partial charge in [-0.25, -0.2) is 9.97 Å². The molecule has 6 heteroatoms. The van der Waals surface area contributed by atoms with Crippen molar-refractivity contribution in [1.82, 2.24) is 14.5 Å². The Balaban J connectivity index is 1.14. The maximum Gasteiger partial charge on any atom is 0.235 e. The van der Waals surface area contributed by atoms with Crippen molar-refractivity contribution in [2.24, 2.45) is 0 Å². The SMILES string of the molecule is Brc1c(-c2cccc3c(Br)cccc23)sc2ccc(-c3ccc4c(c3)c3ccccc3n4-c3nc(-c4ccccc4)c4ccccc4n3)cc12. The van der Waals surface area contributed by atoms with Crippen LogP contribution in [0.4, 0.5) is 0 Å². The highest BCUT2D eigenvalue weighted by Gasteiger charge is 2.19. The molecule has 0 aliphatic heterocycles. The third-order valence-electron chi connectivity index (χ3n) is 9.59. The Morgan fingerprint density at radius 2 is 1.16 bits per heavy atom. The Morgan fingerprint density at radius 1 is 0.480 bits per heavy atom. The number of benzene rings is 7. The first-order valence-electron chi connectivity index (χ1n) is 16.4. The zero-order chi connectivity index (χ0) is 33.3. The number of aromatic nitrogens is 3. The average Bonchev–Trinajstić information content (AvgIpc) is 3.68. The molecule has 0 atom stereocenters. The quantitative estimate of drug-likeness (QED) is 0.178. The molecule has 0 N–H and O–H groups in total. The van der Waals surface area contributed by atoms with E-state index >= 15 is 0 Å². The lowest BCUT2D eigenvalue weighted by Gasteiger charge is -2.12. The third kappa shape index (κ3) is 4.67. The molecule has 236 valence electrons. The van der Waals surface area contributed by atoms with E-state index in [1.54, 1.807) is 0 Å². The summed E-state index contributed by atoms with van der Waals surface area (Å²) in [7, 11) is 0. The molecular formula is C44H25Br2N3S. The van der Waals surface area contributed by atoms with Gasteiger partial charge >= 0.3 is 0 Å². The van der Waals surface area contributed by atoms with Crippen molar-refractivity contribution in [2.75, 3.05) is 0 Å². The molecule has 0 saturated carbocycles. The lowest BCUT2D eigenvalue weighted by molar-refractivity contribution is 1.01. The molecule has 0 saturated heterocycles. The van der Waals surface area contributed by atoms with Gasteiger partial charge in [-0.3, -0.25) is 4.57 Å². The van der Waals surface area contributed by atoms with Gasteiger partial charge in [-0.2, -0.15) is 0 Å². The number of para-hydroxylation sites is 2. The van der Waals surface area contributed by atoms with Crippen molar-refractivity contribution >= 4 is 96.8 Å². The maximum absolute atomic E-state index is 5.23. The normalized spacial score (nSPS) is 11.8. The highest BCUT2D eigenvalue weighted by atomic mass is 79.9. The van der Waals surface area contributed by atoms with E-state index < -0.39 is 0 Å². The van der Waals surface area contributed by atoms with E-state index in [2.05, 4.69) is 176 Å². The lowest BCUT2D eigenvalue weighted by atomic mass is 10.0. The van der Waals surface area contributed by atoms with Gasteiger partial charge < -0.3 is 0 Å². The zero-order valence-electron chi connectivity index (χ0n) is 26.4. The predicted molar refractivity (Wildman–Crippen MR) is 218 cm³/mol. The smallest absolute Gasteiger partial charge is 0.235 e. The van der Waals surface area contributed by atoms with Gasteiger partial charge in [0.25, 0.3) is 0 Å². The van der Waals surface area contributed by atoms with Crippen LogP contribution in [0.1, 0.15) is 0 Å². The van der Waals surface area contributed by atoms with Crippen molar-refractivity contribution in [3.63, 3.8) is 0 Å². The van der Waals surface area contributed by atoms with Crippen molar-refractivity contribution in [3.05, 3.63) is 161 Å². The Bertz CT molecular complexity index is 2960. The molecule has 3 aromatic heterocycles. The first-order chi connectivity index (χ1) is 24.6. The molecule has 0 bridgehead atoms. The summed E-state index contributed by atoms with van der Waals surface area (Å²) in [5.41, 5.74) is 8.65. The molecule has 10 rings (SSSR count). The van der Waals surface area contributed by atoms with Crippen LogP contribution in [-0.4, -0.2) is 14.5 Å². The van der Waals surface area contributed by atoms with Crippen LogP contribution in [0.3, 0.4) is 0 Å². The lowest BCUT2D eigenvalue weighted by Crippen LogP contribution is -2.03. The molecule has 3 heterocycles. The van der Waals surface area contributed by atoms with E-state index in [0.29, 0.717) is 5.95 Å². The largest absolute Gasteiger partial charge is 0.278 e. The summed E-state index contributed by atoms with van der Waals surface area (Å²) in [6.07, 6.45) is 0. The first kappa shape index (κ1) is 29.7. The van der Waals surface area contributed by atoms with Crippen LogP contribution in [0.5, 0.6) is 0 Å². The molecule has 50 heavy (non-hydrogen) atoms. The minimum Gasteiger partial charge on any atom is -0.278 e. The van der Waals surface area contributed by atoms with E-state index in [-0.39, 0.29) is 0 Å². The van der Waals surface area contributed by atoms with Crippen LogP contribution in [0.15, 0.2) is 161 Å². The van der Waals surface area contributed by atoms with E-state index in [4.69, 9.17) is 9.97 Å². The summed E-state index contributed by atoms with van der Waals surface area (Å²) < 4.78 is 5.70. The number of nitrogens with zero attached hydrogens (tertiary/aromatic N) is 3. The second-order valence-electron chi connectivity index (χ2n) is 12.4. The third-order valence-corrected chi connectivity index (χ3v) is 12.6. The summed E-state index contributed by atoms with van der Waals surface area (Å²) in [4.78, 5) is 11.6. The summed E-state index contributed by atoms with van der Waals surface area (Å²) >= 11 is 9.59. The molecular weight excluding hydrogens is 762 g/mol. The van der Waals surface area contributed by atoms with Crippen LogP contribution >= 0.6 is 43.2 Å². The second-order valence-corrected chi connectivity index (χ2v) is 15.1. The average molecular weight is 788 g/mol. The standard InChI is InChI=1S/C44H25Br2N3S/c45-36-17-9-14-29-30(36)15-8-16-32(29)43-41(46)35-25-28(21-23-40(35)50-43)27-20-22-39-34(24-27)31-12-5-7-19-38(31)49(39)44-47-37-18-6-4-13-33(37)42(48-44)26-10-2-1-3-11-26/h1-25H. The van der Waals surface area contributed by atoms with Crippen LogP contribution in [-0.2, 0) is 0 Å². The summed E-state index contributed by atoms with van der Waals surface area (Å²) in [6.45, 7) is 0. The van der Waals surface area contributed by atoms with Crippen LogP contribution in [0.25, 0.3) is 92.3 Å². The van der Waals surface area contributed by atoms with Gasteiger partial charge in [-0.05, 0) is 80.3 Å². The van der Waals surface area contributed by atoms with Crippen molar-refractivity contribution < 1.29 is 0 Å². The van der Waals surface area contributed by atoms with Gasteiger partial charge in [0, 0.05) is 46.3 Å². The van der Waals surface area contributed by atoms with Crippen molar-refractivity contribution in [1.29, 1.82) is 0 Å². The van der Waals surface area contributed by atoms with E-state index in [1.165, 1.54) is 53.2 Å². The Labute approximate surface area is 308 Å². The number of halogens is 2. The van der Waals surface area contributed by atoms with Gasteiger partial charge in [0.2, 0.25) is 5.95 Å². The molecule has 10 aromatic rings. The van der Waals surface area contributed by atoms with Crippen LogP contribution < -0.4 is 0 Å². The molecule has 3 nitrogen and oxygen atoms in total. The number of fused-ring (bicyclic) bond motifs is 6. The fraction of sp³-hybridized carbons (Fsp3) is 0. The minimum atomic E-state index is 0.665. The number of hydrogen-bond acceptors (Lipinski definition) is 3. The highest BCUT2D eigenvalue weighted by Crippen LogP contribution is 2.46. The molecule has 0 radical (unpaired) electrons. The van der Waals surface area contributed by atoms with Gasteiger partial charge in [0.1, 0.15) is 0 Å². The number of hydrogen-bond donors (Lipinski definition) is 0. The molecule has 0 unspecified atom stereocenters. The second kappa shape index (κ2) is 11.7. The van der Waals surface area contributed by atoms with Gasteiger partial charge in [0.15, 0.2) is 0 Å². The highest BCUT2D eigenvalue weighted by molar-refractivity contribution is 9.11. The molecule has 0 fully saturated rings. The zero-order valence-corrected chi connectivity index (χ0v) is 30.4. The van der Waals surface area contributed by atoms with Gasteiger partial charge in [-0.15, -0.1) is 11.3 Å². The van der Waals surface area contributed by atoms with Gasteiger partial charge in [-0.1, -0.05) is 125 Å². The summed E-state index contributed by atoms with van der Waals surface area (Å²) in [6, 6.07) is 53.7. The topological polar surface area (TPSA) is 30.7 Å². The van der Waals surface area contributed by atoms with Crippen LogP contribution in [0, 0.1) is 0 Å². The minimum absolute atomic E-state index is 0.665. The molecule has 0 spiro atoms. The Kier molecular flexibility index (Phi) is 6.98. The molecule has 7 aromatic carbocycles. The first-order valence-corrected chi connectivity index (χ1v) is 18.8. The summed E-state index contributed by atoms with van der Waals surface area (Å²) in [5.74, 6) is 0.665. The Hall–Kier alpha value is -5.14. The van der Waals surface area contributed by atoms with E-state index in [1.807, 2.05) is 23.5 Å². The fourth-order valence-electron chi connectivity index (χ4n) is 7.24. The van der Waals surface area contributed by atoms with Crippen LogP contribution in [0.2, 0.25) is 0 Å². The fourth-order valence-corrected chi connectivity index (χ4v) is 9.77. The molecule has 0 aliphatic rings. The van der Waals surface area contributed by atoms with Crippen molar-refractivity contribution in [3.8, 4) is 38.8 Å².